The van der Waals surface area contributed by atoms with E-state index in [1.807, 2.05) is 30.3 Å². The number of alkyl halides is 3. The van der Waals surface area contributed by atoms with Crippen molar-refractivity contribution in [2.24, 2.45) is 17.6 Å². The van der Waals surface area contributed by atoms with Crippen LogP contribution in [0.5, 0.6) is 0 Å². The van der Waals surface area contributed by atoms with Gasteiger partial charge in [-0.15, -0.1) is 0 Å². The third-order valence-corrected chi connectivity index (χ3v) is 6.12. The van der Waals surface area contributed by atoms with Gasteiger partial charge in [0.1, 0.15) is 6.04 Å². The smallest absolute Gasteiger partial charge is 0.390 e. The highest BCUT2D eigenvalue weighted by Crippen LogP contribution is 2.45. The van der Waals surface area contributed by atoms with E-state index in [0.717, 1.165) is 31.2 Å². The minimum atomic E-state index is -4.26. The summed E-state index contributed by atoms with van der Waals surface area (Å²) < 4.78 is 41.4. The van der Waals surface area contributed by atoms with Crippen LogP contribution < -0.4 is 5.73 Å². The Kier molecular flexibility index (Phi) is 6.25. The number of aliphatic hydroxyl groups is 1. The monoisotopic (exact) mass is 370 g/mol. The Morgan fingerprint density at radius 2 is 1.81 bits per heavy atom. The van der Waals surface area contributed by atoms with Crippen LogP contribution in [0.1, 0.15) is 37.7 Å². The van der Waals surface area contributed by atoms with Crippen LogP contribution in [0.15, 0.2) is 30.3 Å². The highest BCUT2D eigenvalue weighted by Gasteiger charge is 2.53. The molecule has 3 N–H and O–H groups in total. The van der Waals surface area contributed by atoms with Crippen LogP contribution in [0.3, 0.4) is 0 Å². The van der Waals surface area contributed by atoms with Crippen molar-refractivity contribution in [1.29, 1.82) is 0 Å². The van der Waals surface area contributed by atoms with E-state index < -0.39 is 24.4 Å². The van der Waals surface area contributed by atoms with E-state index in [4.69, 9.17) is 5.73 Å². The SMILES string of the molecule is N[C@@H](Cc1ccccc1)[C@H](O)CN1CC[C@H]2CCCC[C@H]2[C@H]1C(F)(F)F. The maximum absolute atomic E-state index is 13.8. The van der Waals surface area contributed by atoms with Gasteiger partial charge in [0.2, 0.25) is 0 Å². The van der Waals surface area contributed by atoms with Crippen molar-refractivity contribution in [2.75, 3.05) is 13.1 Å². The summed E-state index contributed by atoms with van der Waals surface area (Å²) in [5.41, 5.74) is 7.08. The molecule has 0 amide bonds. The molecule has 1 aromatic rings. The summed E-state index contributed by atoms with van der Waals surface area (Å²) in [5, 5.41) is 10.5. The fourth-order valence-corrected chi connectivity index (χ4v) is 4.80. The minimum absolute atomic E-state index is 0.0125. The summed E-state index contributed by atoms with van der Waals surface area (Å²) in [4.78, 5) is 1.45. The van der Waals surface area contributed by atoms with Gasteiger partial charge in [0.05, 0.1) is 6.10 Å². The van der Waals surface area contributed by atoms with Gasteiger partial charge < -0.3 is 10.8 Å². The van der Waals surface area contributed by atoms with Gasteiger partial charge in [-0.1, -0.05) is 49.6 Å². The highest BCUT2D eigenvalue weighted by molar-refractivity contribution is 5.16. The van der Waals surface area contributed by atoms with Crippen LogP contribution in [0.2, 0.25) is 0 Å². The first kappa shape index (κ1) is 19.6. The van der Waals surface area contributed by atoms with E-state index in [0.29, 0.717) is 19.4 Å². The lowest BCUT2D eigenvalue weighted by atomic mass is 9.70. The number of hydrogen-bond acceptors (Lipinski definition) is 3. The van der Waals surface area contributed by atoms with Crippen molar-refractivity contribution in [2.45, 2.75) is 62.9 Å². The molecule has 1 aliphatic heterocycles. The van der Waals surface area contributed by atoms with Crippen LogP contribution >= 0.6 is 0 Å². The first-order valence-electron chi connectivity index (χ1n) is 9.64. The molecule has 0 spiro atoms. The van der Waals surface area contributed by atoms with Crippen LogP contribution in [0, 0.1) is 11.8 Å². The number of halogens is 3. The number of aliphatic hydroxyl groups excluding tert-OH is 1. The Bertz CT molecular complexity index is 566. The quantitative estimate of drug-likeness (QED) is 0.836. The highest BCUT2D eigenvalue weighted by atomic mass is 19.4. The molecule has 0 bridgehead atoms. The molecule has 2 aliphatic rings. The Morgan fingerprint density at radius 1 is 1.12 bits per heavy atom. The molecule has 1 saturated heterocycles. The summed E-state index contributed by atoms with van der Waals surface area (Å²) in [6, 6.07) is 7.49. The Morgan fingerprint density at radius 3 is 2.50 bits per heavy atom. The number of benzene rings is 1. The summed E-state index contributed by atoms with van der Waals surface area (Å²) in [6.07, 6.45) is -0.534. The number of rotatable bonds is 5. The van der Waals surface area contributed by atoms with E-state index in [1.165, 1.54) is 4.90 Å². The van der Waals surface area contributed by atoms with E-state index in [1.54, 1.807) is 0 Å². The molecule has 0 unspecified atom stereocenters. The molecular weight excluding hydrogens is 341 g/mol. The molecule has 146 valence electrons. The zero-order valence-electron chi connectivity index (χ0n) is 15.0. The van der Waals surface area contributed by atoms with Crippen LogP contribution in [-0.2, 0) is 6.42 Å². The second-order valence-corrected chi connectivity index (χ2v) is 7.90. The molecule has 6 heteroatoms. The van der Waals surface area contributed by atoms with Gasteiger partial charge >= 0.3 is 6.18 Å². The Balaban J connectivity index is 1.66. The summed E-state index contributed by atoms with van der Waals surface area (Å²) in [5.74, 6) is -0.170. The third kappa shape index (κ3) is 4.59. The van der Waals surface area contributed by atoms with Gasteiger partial charge in [0.25, 0.3) is 0 Å². The predicted molar refractivity (Wildman–Crippen MR) is 95.6 cm³/mol. The Labute approximate surface area is 153 Å². The van der Waals surface area contributed by atoms with Crippen molar-refractivity contribution in [3.63, 3.8) is 0 Å². The van der Waals surface area contributed by atoms with Crippen molar-refractivity contribution < 1.29 is 18.3 Å². The van der Waals surface area contributed by atoms with Crippen LogP contribution in [0.4, 0.5) is 13.2 Å². The zero-order valence-corrected chi connectivity index (χ0v) is 15.0. The molecule has 0 radical (unpaired) electrons. The summed E-state index contributed by atoms with van der Waals surface area (Å²) in [7, 11) is 0. The van der Waals surface area contributed by atoms with E-state index in [-0.39, 0.29) is 18.4 Å². The van der Waals surface area contributed by atoms with Gasteiger partial charge in [-0.25, -0.2) is 0 Å². The number of β-amino-alcohol motifs (C(OH)–C–C–N with tert-alkyl or cyclic N) is 1. The molecule has 1 heterocycles. The van der Waals surface area contributed by atoms with Crippen molar-refractivity contribution in [1.82, 2.24) is 4.90 Å². The van der Waals surface area contributed by atoms with Gasteiger partial charge in [0, 0.05) is 12.6 Å². The first-order chi connectivity index (χ1) is 12.4. The molecule has 1 aliphatic carbocycles. The molecule has 3 rings (SSSR count). The lowest BCUT2D eigenvalue weighted by Gasteiger charge is -2.48. The van der Waals surface area contributed by atoms with Crippen molar-refractivity contribution >= 4 is 0 Å². The lowest BCUT2D eigenvalue weighted by molar-refractivity contribution is -0.219. The van der Waals surface area contributed by atoms with Gasteiger partial charge in [-0.2, -0.15) is 13.2 Å². The van der Waals surface area contributed by atoms with E-state index >= 15 is 0 Å². The summed E-state index contributed by atoms with van der Waals surface area (Å²) in [6.45, 7) is 0.377. The molecule has 26 heavy (non-hydrogen) atoms. The number of nitrogens with two attached hydrogens (primary N) is 1. The van der Waals surface area contributed by atoms with Gasteiger partial charge in [0.15, 0.2) is 0 Å². The molecule has 1 aromatic carbocycles. The topological polar surface area (TPSA) is 49.5 Å². The second kappa shape index (κ2) is 8.28. The number of hydrogen-bond donors (Lipinski definition) is 2. The molecule has 1 saturated carbocycles. The van der Waals surface area contributed by atoms with Crippen LogP contribution in [-0.4, -0.2) is 47.5 Å². The molecular formula is C20H29F3N2O. The van der Waals surface area contributed by atoms with Crippen molar-refractivity contribution in [3.05, 3.63) is 35.9 Å². The summed E-state index contributed by atoms with van der Waals surface area (Å²) >= 11 is 0. The van der Waals surface area contributed by atoms with E-state index in [9.17, 15) is 18.3 Å². The maximum Gasteiger partial charge on any atom is 0.404 e. The lowest BCUT2D eigenvalue weighted by Crippen LogP contribution is -2.59. The van der Waals surface area contributed by atoms with E-state index in [2.05, 4.69) is 0 Å². The normalized spacial score (nSPS) is 29.8. The Hall–Kier alpha value is -1.11. The number of nitrogens with zero attached hydrogens (tertiary/aromatic N) is 1. The fourth-order valence-electron chi connectivity index (χ4n) is 4.80. The molecule has 3 nitrogen and oxygen atoms in total. The fraction of sp³-hybridized carbons (Fsp3) is 0.700. The largest absolute Gasteiger partial charge is 0.404 e. The van der Waals surface area contributed by atoms with Crippen LogP contribution in [0.25, 0.3) is 0 Å². The third-order valence-electron chi connectivity index (χ3n) is 6.12. The number of fused-ring (bicyclic) bond motifs is 1. The van der Waals surface area contributed by atoms with Gasteiger partial charge in [-0.3, -0.25) is 4.90 Å². The standard InChI is InChI=1S/C20H29F3N2O/c21-20(22,23)19-16-9-5-4-8-15(16)10-11-25(19)13-18(26)17(24)12-14-6-2-1-3-7-14/h1-3,6-7,15-19,26H,4-5,8-13,24H2/t15-,16-,17+,18-,19+/m1/s1. The number of likely N-dealkylation sites (tertiary alicyclic amines) is 1. The second-order valence-electron chi connectivity index (χ2n) is 7.90. The first-order valence-corrected chi connectivity index (χ1v) is 9.64. The molecule has 2 fully saturated rings. The average molecular weight is 370 g/mol. The number of piperidine rings is 1. The molecule has 5 atom stereocenters. The molecule has 0 aromatic heterocycles. The maximum atomic E-state index is 13.8. The van der Waals surface area contributed by atoms with Gasteiger partial charge in [-0.05, 0) is 43.2 Å². The van der Waals surface area contributed by atoms with Crippen molar-refractivity contribution in [3.8, 4) is 0 Å². The average Bonchev–Trinajstić information content (AvgIpc) is 2.61. The predicted octanol–water partition coefficient (Wildman–Crippen LogP) is 3.36. The zero-order chi connectivity index (χ0) is 18.7. The minimum Gasteiger partial charge on any atom is -0.390 e.